The lowest BCUT2D eigenvalue weighted by Crippen LogP contribution is -2.24. The molecule has 1 aromatic heterocycles. The highest BCUT2D eigenvalue weighted by molar-refractivity contribution is 5.98. The highest BCUT2D eigenvalue weighted by Crippen LogP contribution is 2.21. The Morgan fingerprint density at radius 1 is 1.48 bits per heavy atom. The Morgan fingerprint density at radius 2 is 2.19 bits per heavy atom. The predicted molar refractivity (Wildman–Crippen MR) is 74.7 cm³/mol. The molecule has 8 nitrogen and oxygen atoms in total. The normalized spacial score (nSPS) is 10.4. The first-order valence-electron chi connectivity index (χ1n) is 6.13. The first kappa shape index (κ1) is 14.5. The molecule has 2 rings (SSSR count). The minimum atomic E-state index is -0.631. The molecule has 1 amide bonds. The summed E-state index contributed by atoms with van der Waals surface area (Å²) in [4.78, 5) is 26.4. The average Bonchev–Trinajstić information content (AvgIpc) is 2.74. The van der Waals surface area contributed by atoms with Gasteiger partial charge >= 0.3 is 0 Å². The van der Waals surface area contributed by atoms with Gasteiger partial charge in [-0.05, 0) is 26.0 Å². The lowest BCUT2D eigenvalue weighted by Gasteiger charge is -2.04. The molecule has 1 heterocycles. The van der Waals surface area contributed by atoms with Crippen LogP contribution in [0.4, 0.5) is 11.4 Å². The van der Waals surface area contributed by atoms with Gasteiger partial charge in [-0.2, -0.15) is 0 Å². The molecule has 21 heavy (non-hydrogen) atoms. The zero-order valence-electron chi connectivity index (χ0n) is 11.5. The number of hydrogen-bond acceptors (Lipinski definition) is 6. The van der Waals surface area contributed by atoms with Crippen LogP contribution in [0.2, 0.25) is 0 Å². The van der Waals surface area contributed by atoms with E-state index in [0.717, 1.165) is 5.69 Å². The average molecular weight is 290 g/mol. The van der Waals surface area contributed by atoms with Crippen molar-refractivity contribution in [2.24, 2.45) is 0 Å². The number of anilines is 1. The second-order valence-electron chi connectivity index (χ2n) is 4.47. The highest BCUT2D eigenvalue weighted by Gasteiger charge is 2.20. The van der Waals surface area contributed by atoms with E-state index in [0.29, 0.717) is 11.7 Å². The number of nitrogen functional groups attached to an aromatic ring is 1. The first-order valence-corrected chi connectivity index (χ1v) is 6.13. The van der Waals surface area contributed by atoms with Gasteiger partial charge in [0, 0.05) is 11.8 Å². The molecule has 0 aliphatic heterocycles. The van der Waals surface area contributed by atoms with E-state index in [-0.39, 0.29) is 23.5 Å². The Hall–Kier alpha value is -2.90. The van der Waals surface area contributed by atoms with Crippen LogP contribution in [-0.2, 0) is 6.54 Å². The van der Waals surface area contributed by atoms with Crippen molar-refractivity contribution in [2.75, 3.05) is 5.73 Å². The van der Waals surface area contributed by atoms with Crippen molar-refractivity contribution in [2.45, 2.75) is 20.4 Å². The fraction of sp³-hybridized carbons (Fsp3) is 0.231. The van der Waals surface area contributed by atoms with Gasteiger partial charge in [-0.25, -0.2) is 4.98 Å². The number of rotatable bonds is 4. The van der Waals surface area contributed by atoms with Crippen molar-refractivity contribution in [3.8, 4) is 0 Å². The van der Waals surface area contributed by atoms with Crippen molar-refractivity contribution in [1.82, 2.24) is 10.3 Å². The number of nitrogens with two attached hydrogens (primary N) is 1. The summed E-state index contributed by atoms with van der Waals surface area (Å²) in [5.41, 5.74) is 6.16. The number of oxazole rings is 1. The molecule has 2 aromatic rings. The monoisotopic (exact) mass is 290 g/mol. The Morgan fingerprint density at radius 3 is 2.76 bits per heavy atom. The Bertz CT molecular complexity index is 689. The van der Waals surface area contributed by atoms with Crippen LogP contribution in [0.15, 0.2) is 22.6 Å². The maximum absolute atomic E-state index is 12.0. The summed E-state index contributed by atoms with van der Waals surface area (Å²) in [5, 5.41) is 13.4. The number of nitro benzene ring substituents is 1. The minimum absolute atomic E-state index is 0.0411. The van der Waals surface area contributed by atoms with Crippen LogP contribution in [0.5, 0.6) is 0 Å². The molecule has 0 saturated heterocycles. The number of nitrogens with zero attached hydrogens (tertiary/aromatic N) is 2. The third-order valence-electron chi connectivity index (χ3n) is 2.93. The van der Waals surface area contributed by atoms with Gasteiger partial charge in [0.05, 0.1) is 17.2 Å². The van der Waals surface area contributed by atoms with Gasteiger partial charge in [0.1, 0.15) is 11.3 Å². The van der Waals surface area contributed by atoms with Crippen LogP contribution in [0.1, 0.15) is 27.7 Å². The summed E-state index contributed by atoms with van der Waals surface area (Å²) in [6.07, 6.45) is 0. The van der Waals surface area contributed by atoms with E-state index in [1.54, 1.807) is 13.8 Å². The molecule has 0 atom stereocenters. The molecular weight excluding hydrogens is 276 g/mol. The number of amides is 1. The fourth-order valence-corrected chi connectivity index (χ4v) is 1.76. The number of aromatic nitrogens is 1. The Balaban J connectivity index is 2.16. The summed E-state index contributed by atoms with van der Waals surface area (Å²) in [7, 11) is 0. The standard InChI is InChI=1S/C13H14N4O4/c1-7-8(2)21-12(16-7)6-15-13(18)10-5-9(14)3-4-11(10)17(19)20/h3-5H,6,14H2,1-2H3,(H,15,18). The third kappa shape index (κ3) is 3.16. The lowest BCUT2D eigenvalue weighted by molar-refractivity contribution is -0.385. The predicted octanol–water partition coefficient (Wildman–Crippen LogP) is 1.71. The fourth-order valence-electron chi connectivity index (χ4n) is 1.76. The van der Waals surface area contributed by atoms with Crippen molar-refractivity contribution >= 4 is 17.3 Å². The molecule has 0 bridgehead atoms. The molecule has 0 spiro atoms. The van der Waals surface area contributed by atoms with Gasteiger partial charge in [0.2, 0.25) is 5.89 Å². The largest absolute Gasteiger partial charge is 0.444 e. The van der Waals surface area contributed by atoms with Gasteiger partial charge in [-0.1, -0.05) is 0 Å². The first-order chi connectivity index (χ1) is 9.88. The van der Waals surface area contributed by atoms with Crippen LogP contribution < -0.4 is 11.1 Å². The van der Waals surface area contributed by atoms with E-state index >= 15 is 0 Å². The van der Waals surface area contributed by atoms with Crippen LogP contribution >= 0.6 is 0 Å². The molecule has 0 saturated carbocycles. The second kappa shape index (κ2) is 5.61. The van der Waals surface area contributed by atoms with E-state index in [9.17, 15) is 14.9 Å². The number of benzene rings is 1. The van der Waals surface area contributed by atoms with E-state index < -0.39 is 10.8 Å². The molecular formula is C13H14N4O4. The second-order valence-corrected chi connectivity index (χ2v) is 4.47. The molecule has 0 aliphatic carbocycles. The molecule has 0 fully saturated rings. The van der Waals surface area contributed by atoms with E-state index in [1.807, 2.05) is 0 Å². The minimum Gasteiger partial charge on any atom is -0.444 e. The number of aryl methyl sites for hydroxylation is 2. The molecule has 1 aromatic carbocycles. The van der Waals surface area contributed by atoms with Gasteiger partial charge in [-0.3, -0.25) is 14.9 Å². The molecule has 0 unspecified atom stereocenters. The van der Waals surface area contributed by atoms with Crippen molar-refractivity contribution < 1.29 is 14.1 Å². The lowest BCUT2D eigenvalue weighted by atomic mass is 10.1. The van der Waals surface area contributed by atoms with E-state index in [1.165, 1.54) is 18.2 Å². The smallest absolute Gasteiger partial charge is 0.282 e. The van der Waals surface area contributed by atoms with Crippen LogP contribution in [-0.4, -0.2) is 15.8 Å². The molecule has 110 valence electrons. The number of carbonyl (C=O) groups is 1. The van der Waals surface area contributed by atoms with Crippen LogP contribution in [0, 0.1) is 24.0 Å². The zero-order valence-corrected chi connectivity index (χ0v) is 11.5. The third-order valence-corrected chi connectivity index (χ3v) is 2.93. The number of nitro groups is 1. The topological polar surface area (TPSA) is 124 Å². The molecule has 0 aliphatic rings. The van der Waals surface area contributed by atoms with Gasteiger partial charge in [0.25, 0.3) is 11.6 Å². The summed E-state index contributed by atoms with van der Waals surface area (Å²) >= 11 is 0. The van der Waals surface area contributed by atoms with Crippen molar-refractivity contribution in [3.63, 3.8) is 0 Å². The summed E-state index contributed by atoms with van der Waals surface area (Å²) in [6.45, 7) is 3.59. The van der Waals surface area contributed by atoms with Gasteiger partial charge < -0.3 is 15.5 Å². The van der Waals surface area contributed by atoms with Gasteiger partial charge in [-0.15, -0.1) is 0 Å². The maximum Gasteiger partial charge on any atom is 0.282 e. The Kier molecular flexibility index (Phi) is 3.88. The SMILES string of the molecule is Cc1nc(CNC(=O)c2cc(N)ccc2[N+](=O)[O-])oc1C. The molecule has 8 heteroatoms. The molecule has 3 N–H and O–H groups in total. The number of hydrogen-bond donors (Lipinski definition) is 2. The Labute approximate surface area is 120 Å². The number of nitrogens with one attached hydrogen (secondary N) is 1. The summed E-state index contributed by atoms with van der Waals surface area (Å²) < 4.78 is 5.32. The van der Waals surface area contributed by atoms with Crippen molar-refractivity contribution in [3.05, 3.63) is 51.2 Å². The van der Waals surface area contributed by atoms with Gasteiger partial charge in [0.15, 0.2) is 0 Å². The summed E-state index contributed by atoms with van der Waals surface area (Å²) in [5.74, 6) is 0.390. The maximum atomic E-state index is 12.0. The van der Waals surface area contributed by atoms with Crippen LogP contribution in [0.25, 0.3) is 0 Å². The highest BCUT2D eigenvalue weighted by atomic mass is 16.6. The zero-order chi connectivity index (χ0) is 15.6. The van der Waals surface area contributed by atoms with E-state index in [4.69, 9.17) is 10.2 Å². The summed E-state index contributed by atoms with van der Waals surface area (Å²) in [6, 6.07) is 3.83. The number of carbonyl (C=O) groups excluding carboxylic acids is 1. The van der Waals surface area contributed by atoms with Crippen LogP contribution in [0.3, 0.4) is 0 Å². The van der Waals surface area contributed by atoms with E-state index in [2.05, 4.69) is 10.3 Å². The molecule has 0 radical (unpaired) electrons. The van der Waals surface area contributed by atoms with Crippen molar-refractivity contribution in [1.29, 1.82) is 0 Å². The quantitative estimate of drug-likeness (QED) is 0.501.